The van der Waals surface area contributed by atoms with Crippen molar-refractivity contribution in [1.29, 1.82) is 0 Å². The van der Waals surface area contributed by atoms with E-state index in [0.717, 1.165) is 18.2 Å². The minimum absolute atomic E-state index is 0.260. The van der Waals surface area contributed by atoms with Gasteiger partial charge in [0.1, 0.15) is 16.5 Å². The second kappa shape index (κ2) is 8.14. The van der Waals surface area contributed by atoms with Crippen LogP contribution in [0.2, 0.25) is 0 Å². The number of nitrogens with zero attached hydrogens (tertiary/aromatic N) is 1. The van der Waals surface area contributed by atoms with Crippen molar-refractivity contribution in [3.63, 3.8) is 0 Å². The Kier molecular flexibility index (Phi) is 6.46. The first kappa shape index (κ1) is 18.3. The van der Waals surface area contributed by atoms with Crippen LogP contribution in [0.3, 0.4) is 0 Å². The van der Waals surface area contributed by atoms with Gasteiger partial charge < -0.3 is 9.47 Å². The molecular weight excluding hydrogens is 328 g/mol. The fourth-order valence-electron chi connectivity index (χ4n) is 2.52. The maximum Gasteiger partial charge on any atom is 0.246 e. The Bertz CT molecular complexity index is 616. The fraction of sp³-hybridized carbons (Fsp3) is 0.600. The third kappa shape index (κ3) is 4.69. The lowest BCUT2D eigenvalue weighted by Gasteiger charge is -2.31. The van der Waals surface area contributed by atoms with Gasteiger partial charge >= 0.3 is 0 Å². The molecule has 0 radical (unpaired) electrons. The zero-order valence-corrected chi connectivity index (χ0v) is 13.8. The normalized spacial score (nSPS) is 17.5. The number of rotatable bonds is 7. The minimum Gasteiger partial charge on any atom is -0.382 e. The standard InChI is InChI=1S/C15H21F2NO4S/c1-21-8-9-22-11-12-4-6-18(7-5-12)23(19,20)15-10-13(16)2-3-14(15)17/h2-3,10,12H,4-9,11H2,1H3. The zero-order valence-electron chi connectivity index (χ0n) is 13.0. The summed E-state index contributed by atoms with van der Waals surface area (Å²) in [7, 11) is -2.41. The van der Waals surface area contributed by atoms with Crippen LogP contribution < -0.4 is 0 Å². The number of piperidine rings is 1. The highest BCUT2D eigenvalue weighted by Gasteiger charge is 2.31. The largest absolute Gasteiger partial charge is 0.382 e. The van der Waals surface area contributed by atoms with Crippen LogP contribution in [0.15, 0.2) is 23.1 Å². The van der Waals surface area contributed by atoms with Gasteiger partial charge in [-0.3, -0.25) is 0 Å². The van der Waals surface area contributed by atoms with E-state index in [1.54, 1.807) is 7.11 Å². The van der Waals surface area contributed by atoms with E-state index >= 15 is 0 Å². The van der Waals surface area contributed by atoms with Gasteiger partial charge in [0.15, 0.2) is 0 Å². The molecule has 8 heteroatoms. The van der Waals surface area contributed by atoms with Crippen LogP contribution in [-0.4, -0.2) is 52.7 Å². The number of ether oxygens (including phenoxy) is 2. The third-order valence-corrected chi connectivity index (χ3v) is 5.78. The van der Waals surface area contributed by atoms with Gasteiger partial charge in [0, 0.05) is 26.8 Å². The molecule has 1 aromatic rings. The number of methoxy groups -OCH3 is 1. The topological polar surface area (TPSA) is 55.8 Å². The van der Waals surface area contributed by atoms with Gasteiger partial charge in [0.2, 0.25) is 10.0 Å². The molecule has 0 aromatic heterocycles. The Hall–Kier alpha value is -1.09. The van der Waals surface area contributed by atoms with Gasteiger partial charge in [-0.2, -0.15) is 4.31 Å². The third-order valence-electron chi connectivity index (χ3n) is 3.87. The first-order chi connectivity index (χ1) is 10.9. The highest BCUT2D eigenvalue weighted by atomic mass is 32.2. The minimum atomic E-state index is -4.01. The molecule has 0 atom stereocenters. The van der Waals surface area contributed by atoms with Crippen LogP contribution in [0.5, 0.6) is 0 Å². The Morgan fingerprint density at radius 1 is 1.22 bits per heavy atom. The molecule has 1 heterocycles. The Balaban J connectivity index is 1.95. The van der Waals surface area contributed by atoms with E-state index in [-0.39, 0.29) is 19.0 Å². The molecule has 0 unspecified atom stereocenters. The highest BCUT2D eigenvalue weighted by Crippen LogP contribution is 2.26. The lowest BCUT2D eigenvalue weighted by atomic mass is 9.99. The van der Waals surface area contributed by atoms with E-state index in [1.165, 1.54) is 4.31 Å². The van der Waals surface area contributed by atoms with Crippen LogP contribution in [-0.2, 0) is 19.5 Å². The second-order valence-electron chi connectivity index (χ2n) is 5.49. The van der Waals surface area contributed by atoms with E-state index in [1.807, 2.05) is 0 Å². The number of halogens is 2. The molecule has 0 amide bonds. The summed E-state index contributed by atoms with van der Waals surface area (Å²) < 4.78 is 63.4. The van der Waals surface area contributed by atoms with Crippen LogP contribution in [0.25, 0.3) is 0 Å². The molecule has 5 nitrogen and oxygen atoms in total. The maximum atomic E-state index is 13.7. The van der Waals surface area contributed by atoms with Gasteiger partial charge in [0.25, 0.3) is 0 Å². The van der Waals surface area contributed by atoms with Crippen molar-refractivity contribution in [3.05, 3.63) is 29.8 Å². The predicted molar refractivity (Wildman–Crippen MR) is 80.5 cm³/mol. The van der Waals surface area contributed by atoms with Crippen LogP contribution in [0.4, 0.5) is 8.78 Å². The Labute approximate surface area is 135 Å². The van der Waals surface area contributed by atoms with E-state index in [9.17, 15) is 17.2 Å². The molecule has 0 aliphatic carbocycles. The van der Waals surface area contributed by atoms with Crippen molar-refractivity contribution >= 4 is 10.0 Å². The van der Waals surface area contributed by atoms with Crippen molar-refractivity contribution in [2.24, 2.45) is 5.92 Å². The Morgan fingerprint density at radius 3 is 2.57 bits per heavy atom. The number of benzene rings is 1. The second-order valence-corrected chi connectivity index (χ2v) is 7.40. The number of hydrogen-bond donors (Lipinski definition) is 0. The summed E-state index contributed by atoms with van der Waals surface area (Å²) in [5.74, 6) is -1.45. The summed E-state index contributed by atoms with van der Waals surface area (Å²) >= 11 is 0. The van der Waals surface area contributed by atoms with E-state index < -0.39 is 26.6 Å². The highest BCUT2D eigenvalue weighted by molar-refractivity contribution is 7.89. The van der Waals surface area contributed by atoms with Crippen LogP contribution in [0, 0.1) is 17.6 Å². The SMILES string of the molecule is COCCOCC1CCN(S(=O)(=O)c2cc(F)ccc2F)CC1. The first-order valence-electron chi connectivity index (χ1n) is 7.47. The van der Waals surface area contributed by atoms with E-state index in [0.29, 0.717) is 32.7 Å². The van der Waals surface area contributed by atoms with E-state index in [2.05, 4.69) is 0 Å². The molecule has 0 spiro atoms. The average Bonchev–Trinajstić information content (AvgIpc) is 2.54. The van der Waals surface area contributed by atoms with E-state index in [4.69, 9.17) is 9.47 Å². The summed E-state index contributed by atoms with van der Waals surface area (Å²) in [6.45, 7) is 2.12. The predicted octanol–water partition coefficient (Wildman–Crippen LogP) is 2.03. The maximum absolute atomic E-state index is 13.7. The lowest BCUT2D eigenvalue weighted by Crippen LogP contribution is -2.39. The molecule has 1 aliphatic rings. The quantitative estimate of drug-likeness (QED) is 0.707. The average molecular weight is 349 g/mol. The smallest absolute Gasteiger partial charge is 0.246 e. The molecule has 23 heavy (non-hydrogen) atoms. The summed E-state index contributed by atoms with van der Waals surface area (Å²) in [5, 5.41) is 0. The molecule has 0 saturated carbocycles. The molecule has 0 bridgehead atoms. The molecular formula is C15H21F2NO4S. The number of hydrogen-bond acceptors (Lipinski definition) is 4. The van der Waals surface area contributed by atoms with Crippen LogP contribution in [0.1, 0.15) is 12.8 Å². The summed E-state index contributed by atoms with van der Waals surface area (Å²) in [5.41, 5.74) is 0. The zero-order chi connectivity index (χ0) is 16.9. The molecule has 1 aromatic carbocycles. The van der Waals surface area contributed by atoms with Gasteiger partial charge in [-0.15, -0.1) is 0 Å². The molecule has 0 N–H and O–H groups in total. The molecule has 130 valence electrons. The first-order valence-corrected chi connectivity index (χ1v) is 8.91. The monoisotopic (exact) mass is 349 g/mol. The van der Waals surface area contributed by atoms with Gasteiger partial charge in [-0.25, -0.2) is 17.2 Å². The van der Waals surface area contributed by atoms with Crippen LogP contribution >= 0.6 is 0 Å². The summed E-state index contributed by atoms with van der Waals surface area (Å²) in [6, 6.07) is 2.46. The van der Waals surface area contributed by atoms with Crippen molar-refractivity contribution in [2.45, 2.75) is 17.7 Å². The van der Waals surface area contributed by atoms with Gasteiger partial charge in [0.05, 0.1) is 13.2 Å². The summed E-state index contributed by atoms with van der Waals surface area (Å²) in [4.78, 5) is -0.604. The van der Waals surface area contributed by atoms with Crippen molar-refractivity contribution in [1.82, 2.24) is 4.31 Å². The molecule has 2 rings (SSSR count). The molecule has 1 saturated heterocycles. The molecule has 1 aliphatic heterocycles. The number of sulfonamides is 1. The summed E-state index contributed by atoms with van der Waals surface area (Å²) in [6.07, 6.45) is 1.26. The fourth-order valence-corrected chi connectivity index (χ4v) is 4.07. The molecule has 1 fully saturated rings. The van der Waals surface area contributed by atoms with Crippen molar-refractivity contribution in [3.8, 4) is 0 Å². The van der Waals surface area contributed by atoms with Gasteiger partial charge in [-0.05, 0) is 37.0 Å². The van der Waals surface area contributed by atoms with Crippen molar-refractivity contribution < 1.29 is 26.7 Å². The lowest BCUT2D eigenvalue weighted by molar-refractivity contribution is 0.0410. The van der Waals surface area contributed by atoms with Gasteiger partial charge in [-0.1, -0.05) is 0 Å². The van der Waals surface area contributed by atoms with Crippen molar-refractivity contribution in [2.75, 3.05) is 40.0 Å². The Morgan fingerprint density at radius 2 is 1.91 bits per heavy atom.